The second-order valence-electron chi connectivity index (χ2n) is 6.45. The molecule has 6 heteroatoms. The summed E-state index contributed by atoms with van der Waals surface area (Å²) in [6, 6.07) is 10.0. The smallest absolute Gasteiger partial charge is 0.227 e. The minimum absolute atomic E-state index is 0.116. The molecule has 2 aromatic rings. The Morgan fingerprint density at radius 3 is 2.54 bits per heavy atom. The van der Waals surface area contributed by atoms with E-state index in [-0.39, 0.29) is 23.8 Å². The highest BCUT2D eigenvalue weighted by atomic mass is 19.1. The lowest BCUT2D eigenvalue weighted by Gasteiger charge is -2.17. The largest absolute Gasteiger partial charge is 0.349 e. The summed E-state index contributed by atoms with van der Waals surface area (Å²) in [5.41, 5.74) is 1.87. The highest BCUT2D eigenvalue weighted by Crippen LogP contribution is 2.22. The number of halogens is 2. The lowest BCUT2D eigenvalue weighted by molar-refractivity contribution is -0.121. The van der Waals surface area contributed by atoms with Crippen LogP contribution in [0, 0.1) is 11.6 Å². The molecule has 26 heavy (non-hydrogen) atoms. The van der Waals surface area contributed by atoms with Gasteiger partial charge in [0.05, 0.1) is 12.5 Å². The first-order chi connectivity index (χ1) is 12.4. The van der Waals surface area contributed by atoms with Gasteiger partial charge in [0, 0.05) is 30.3 Å². The summed E-state index contributed by atoms with van der Waals surface area (Å²) in [6.45, 7) is 2.37. The van der Waals surface area contributed by atoms with Gasteiger partial charge in [0.25, 0.3) is 0 Å². The lowest BCUT2D eigenvalue weighted by Crippen LogP contribution is -2.28. The number of hydrogen-bond donors (Lipinski definition) is 1. The summed E-state index contributed by atoms with van der Waals surface area (Å²) >= 11 is 0. The van der Waals surface area contributed by atoms with Gasteiger partial charge in [0.2, 0.25) is 11.8 Å². The van der Waals surface area contributed by atoms with Gasteiger partial charge in [-0.3, -0.25) is 9.59 Å². The Morgan fingerprint density at radius 1 is 1.19 bits per heavy atom. The van der Waals surface area contributed by atoms with Crippen LogP contribution in [0.25, 0.3) is 0 Å². The minimum atomic E-state index is -0.683. The van der Waals surface area contributed by atoms with E-state index in [0.717, 1.165) is 30.3 Å². The molecule has 1 fully saturated rings. The fraction of sp³-hybridized carbons (Fsp3) is 0.300. The molecule has 1 N–H and O–H groups in total. The third-order valence-corrected chi connectivity index (χ3v) is 4.49. The molecule has 0 aromatic heterocycles. The summed E-state index contributed by atoms with van der Waals surface area (Å²) in [6.07, 6.45) is 1.57. The molecule has 0 radical (unpaired) electrons. The second-order valence-corrected chi connectivity index (χ2v) is 6.45. The van der Waals surface area contributed by atoms with Crippen LogP contribution in [-0.4, -0.2) is 18.4 Å². The van der Waals surface area contributed by atoms with E-state index in [4.69, 9.17) is 0 Å². The molecule has 1 atom stereocenters. The molecule has 1 unspecified atom stereocenters. The van der Waals surface area contributed by atoms with Crippen LogP contribution in [0.4, 0.5) is 14.5 Å². The summed E-state index contributed by atoms with van der Waals surface area (Å²) in [5.74, 6) is -1.48. The number of nitrogens with one attached hydrogen (secondary N) is 1. The maximum Gasteiger partial charge on any atom is 0.227 e. The van der Waals surface area contributed by atoms with E-state index >= 15 is 0 Å². The van der Waals surface area contributed by atoms with Crippen molar-refractivity contribution in [2.75, 3.05) is 11.4 Å². The maximum atomic E-state index is 13.8. The van der Waals surface area contributed by atoms with Gasteiger partial charge in [0.1, 0.15) is 11.6 Å². The molecule has 136 valence electrons. The van der Waals surface area contributed by atoms with Crippen LogP contribution in [0.2, 0.25) is 0 Å². The molecule has 1 aliphatic heterocycles. The molecule has 0 aliphatic carbocycles. The predicted octanol–water partition coefficient (Wildman–Crippen LogP) is 3.51. The van der Waals surface area contributed by atoms with E-state index in [1.54, 1.807) is 11.8 Å². The molecule has 0 bridgehead atoms. The molecule has 0 spiro atoms. The Labute approximate surface area is 150 Å². The van der Waals surface area contributed by atoms with Crippen LogP contribution in [-0.2, 0) is 16.0 Å². The number of rotatable bonds is 5. The first-order valence-corrected chi connectivity index (χ1v) is 8.57. The third-order valence-electron chi connectivity index (χ3n) is 4.49. The topological polar surface area (TPSA) is 49.4 Å². The van der Waals surface area contributed by atoms with E-state index in [9.17, 15) is 18.4 Å². The first kappa shape index (κ1) is 18.0. The standard InChI is InChI=1S/C20H20F2N2O2/c1-13(17-9-6-15(21)12-18(17)22)23-19(25)11-14-4-7-16(8-5-14)24-10-2-3-20(24)26/h4-9,12-13H,2-3,10-11H2,1H3,(H,23,25). The lowest BCUT2D eigenvalue weighted by atomic mass is 10.1. The van der Waals surface area contributed by atoms with Crippen LogP contribution in [0.15, 0.2) is 42.5 Å². The molecule has 1 saturated heterocycles. The van der Waals surface area contributed by atoms with E-state index in [1.807, 2.05) is 24.3 Å². The normalized spacial score (nSPS) is 15.2. The van der Waals surface area contributed by atoms with E-state index in [2.05, 4.69) is 5.32 Å². The molecule has 1 aliphatic rings. The van der Waals surface area contributed by atoms with Gasteiger partial charge >= 0.3 is 0 Å². The van der Waals surface area contributed by atoms with Gasteiger partial charge < -0.3 is 10.2 Å². The second kappa shape index (κ2) is 7.64. The summed E-state index contributed by atoms with van der Waals surface area (Å²) in [4.78, 5) is 25.7. The molecule has 0 saturated carbocycles. The van der Waals surface area contributed by atoms with Crippen molar-refractivity contribution in [2.45, 2.75) is 32.2 Å². The number of nitrogens with zero attached hydrogens (tertiary/aromatic N) is 1. The highest BCUT2D eigenvalue weighted by molar-refractivity contribution is 5.95. The summed E-state index contributed by atoms with van der Waals surface area (Å²) in [5, 5.41) is 2.72. The quantitative estimate of drug-likeness (QED) is 0.889. The van der Waals surface area contributed by atoms with Gasteiger partial charge in [-0.05, 0) is 37.1 Å². The third kappa shape index (κ3) is 4.07. The van der Waals surface area contributed by atoms with Crippen LogP contribution in [0.5, 0.6) is 0 Å². The Morgan fingerprint density at radius 2 is 1.92 bits per heavy atom. The zero-order valence-electron chi connectivity index (χ0n) is 14.5. The molecular weight excluding hydrogens is 338 g/mol. The van der Waals surface area contributed by atoms with Crippen molar-refractivity contribution in [3.8, 4) is 0 Å². The van der Waals surface area contributed by atoms with E-state index in [1.165, 1.54) is 12.1 Å². The molecule has 2 amide bonds. The van der Waals surface area contributed by atoms with E-state index in [0.29, 0.717) is 6.42 Å². The van der Waals surface area contributed by atoms with Crippen molar-refractivity contribution < 1.29 is 18.4 Å². The number of carbonyl (C=O) groups excluding carboxylic acids is 2. The van der Waals surface area contributed by atoms with Crippen molar-refractivity contribution in [1.29, 1.82) is 0 Å². The fourth-order valence-electron chi connectivity index (χ4n) is 3.12. The maximum absolute atomic E-state index is 13.8. The van der Waals surface area contributed by atoms with Crippen molar-refractivity contribution in [3.05, 3.63) is 65.2 Å². The number of benzene rings is 2. The van der Waals surface area contributed by atoms with Gasteiger partial charge in [0.15, 0.2) is 0 Å². The van der Waals surface area contributed by atoms with Crippen LogP contribution >= 0.6 is 0 Å². The monoisotopic (exact) mass is 358 g/mol. The average molecular weight is 358 g/mol. The van der Waals surface area contributed by atoms with Gasteiger partial charge in [-0.1, -0.05) is 18.2 Å². The average Bonchev–Trinajstić information content (AvgIpc) is 3.01. The number of hydrogen-bond acceptors (Lipinski definition) is 2. The van der Waals surface area contributed by atoms with E-state index < -0.39 is 17.7 Å². The zero-order chi connectivity index (χ0) is 18.7. The van der Waals surface area contributed by atoms with Crippen LogP contribution in [0.1, 0.15) is 36.9 Å². The zero-order valence-corrected chi connectivity index (χ0v) is 14.5. The Balaban J connectivity index is 1.60. The van der Waals surface area contributed by atoms with Crippen molar-refractivity contribution in [1.82, 2.24) is 5.32 Å². The Bertz CT molecular complexity index is 821. The van der Waals surface area contributed by atoms with Crippen LogP contribution in [0.3, 0.4) is 0 Å². The summed E-state index contributed by atoms with van der Waals surface area (Å²) < 4.78 is 26.8. The molecule has 1 heterocycles. The molecule has 2 aromatic carbocycles. The SMILES string of the molecule is CC(NC(=O)Cc1ccc(N2CCCC2=O)cc1)c1ccc(F)cc1F. The number of carbonyl (C=O) groups is 2. The first-order valence-electron chi connectivity index (χ1n) is 8.57. The van der Waals surface area contributed by atoms with Crippen molar-refractivity contribution in [2.24, 2.45) is 0 Å². The van der Waals surface area contributed by atoms with Gasteiger partial charge in [-0.2, -0.15) is 0 Å². The number of amides is 2. The Kier molecular flexibility index (Phi) is 5.30. The Hall–Kier alpha value is -2.76. The molecule has 3 rings (SSSR count). The van der Waals surface area contributed by atoms with Crippen molar-refractivity contribution >= 4 is 17.5 Å². The highest BCUT2D eigenvalue weighted by Gasteiger charge is 2.21. The number of anilines is 1. The predicted molar refractivity (Wildman–Crippen MR) is 94.6 cm³/mol. The molecule has 4 nitrogen and oxygen atoms in total. The van der Waals surface area contributed by atoms with Crippen LogP contribution < -0.4 is 10.2 Å². The van der Waals surface area contributed by atoms with Gasteiger partial charge in [-0.15, -0.1) is 0 Å². The minimum Gasteiger partial charge on any atom is -0.349 e. The fourth-order valence-corrected chi connectivity index (χ4v) is 3.12. The summed E-state index contributed by atoms with van der Waals surface area (Å²) in [7, 11) is 0. The molecular formula is C20H20F2N2O2. The van der Waals surface area contributed by atoms with Crippen molar-refractivity contribution in [3.63, 3.8) is 0 Å². The van der Waals surface area contributed by atoms with Gasteiger partial charge in [-0.25, -0.2) is 8.78 Å².